The van der Waals surface area contributed by atoms with Crippen molar-refractivity contribution in [2.45, 2.75) is 0 Å². The van der Waals surface area contributed by atoms with Crippen molar-refractivity contribution in [1.82, 2.24) is 10.4 Å². The molecule has 2 amide bonds. The van der Waals surface area contributed by atoms with Crippen LogP contribution in [0, 0.1) is 0 Å². The number of carbonyl (C=O) groups is 2. The van der Waals surface area contributed by atoms with E-state index < -0.39 is 5.91 Å². The highest BCUT2D eigenvalue weighted by molar-refractivity contribution is 6.32. The van der Waals surface area contributed by atoms with Gasteiger partial charge < -0.3 is 15.2 Å². The molecule has 0 fully saturated rings. The predicted molar refractivity (Wildman–Crippen MR) is 131 cm³/mol. The third-order valence-corrected chi connectivity index (χ3v) is 5.26. The lowest BCUT2D eigenvalue weighted by Gasteiger charge is -2.10. The Hall–Kier alpha value is -4.43. The van der Waals surface area contributed by atoms with Gasteiger partial charge in [0, 0.05) is 34.5 Å². The number of hydrogen-bond donors (Lipinski definition) is 3. The van der Waals surface area contributed by atoms with Gasteiger partial charge >= 0.3 is 0 Å². The van der Waals surface area contributed by atoms with Crippen LogP contribution in [0.2, 0.25) is 5.02 Å². The monoisotopic (exact) mass is 474 g/mol. The van der Waals surface area contributed by atoms with Gasteiger partial charge in [0.2, 0.25) is 0 Å². The maximum absolute atomic E-state index is 12.8. The fourth-order valence-corrected chi connectivity index (χ4v) is 3.44. The van der Waals surface area contributed by atoms with Gasteiger partial charge in [-0.2, -0.15) is 5.10 Å². The fraction of sp³-hybridized carbons (Fsp3) is 0.0400. The van der Waals surface area contributed by atoms with Crippen molar-refractivity contribution in [1.29, 1.82) is 0 Å². The van der Waals surface area contributed by atoms with Gasteiger partial charge in [0.15, 0.2) is 0 Å². The first-order valence-electron chi connectivity index (χ1n) is 10.1. The third-order valence-electron chi connectivity index (χ3n) is 4.96. The van der Waals surface area contributed by atoms with Crippen molar-refractivity contribution in [3.8, 4) is 11.5 Å². The molecule has 9 heteroatoms. The van der Waals surface area contributed by atoms with E-state index in [2.05, 4.69) is 20.8 Å². The van der Waals surface area contributed by atoms with Gasteiger partial charge in [-0.25, -0.2) is 5.43 Å². The Morgan fingerprint density at radius 1 is 1.06 bits per heavy atom. The van der Waals surface area contributed by atoms with Crippen molar-refractivity contribution in [2.75, 3.05) is 12.4 Å². The molecule has 170 valence electrons. The lowest BCUT2D eigenvalue weighted by molar-refractivity contribution is 0.0954. The van der Waals surface area contributed by atoms with Crippen LogP contribution in [0.3, 0.4) is 0 Å². The molecule has 0 bridgehead atoms. The van der Waals surface area contributed by atoms with Crippen LogP contribution in [0.15, 0.2) is 78.0 Å². The molecule has 0 spiro atoms. The number of phenolic OH excluding ortho intramolecular Hbond substituents is 1. The maximum atomic E-state index is 12.8. The minimum atomic E-state index is -0.497. The summed E-state index contributed by atoms with van der Waals surface area (Å²) in [4.78, 5) is 29.3. The summed E-state index contributed by atoms with van der Waals surface area (Å²) in [7, 11) is 1.49. The molecule has 0 unspecified atom stereocenters. The zero-order chi connectivity index (χ0) is 24.1. The number of nitrogens with one attached hydrogen (secondary N) is 2. The quantitative estimate of drug-likeness (QED) is 0.279. The van der Waals surface area contributed by atoms with Crippen LogP contribution in [0.1, 0.15) is 26.4 Å². The number of pyridine rings is 1. The molecule has 3 aromatic carbocycles. The van der Waals surface area contributed by atoms with E-state index in [9.17, 15) is 14.7 Å². The van der Waals surface area contributed by atoms with Gasteiger partial charge in [0.25, 0.3) is 11.8 Å². The van der Waals surface area contributed by atoms with E-state index in [1.165, 1.54) is 31.5 Å². The van der Waals surface area contributed by atoms with Gasteiger partial charge in [-0.3, -0.25) is 14.6 Å². The zero-order valence-electron chi connectivity index (χ0n) is 17.9. The minimum Gasteiger partial charge on any atom is -0.506 e. The number of hydrogen-bond acceptors (Lipinski definition) is 6. The van der Waals surface area contributed by atoms with E-state index in [1.54, 1.807) is 24.4 Å². The highest BCUT2D eigenvalue weighted by atomic mass is 35.5. The molecular weight excluding hydrogens is 456 g/mol. The Kier molecular flexibility index (Phi) is 6.70. The molecule has 34 heavy (non-hydrogen) atoms. The van der Waals surface area contributed by atoms with Gasteiger partial charge in [-0.15, -0.1) is 0 Å². The van der Waals surface area contributed by atoms with E-state index in [-0.39, 0.29) is 22.2 Å². The van der Waals surface area contributed by atoms with E-state index in [4.69, 9.17) is 16.3 Å². The number of aromatic hydroxyl groups is 1. The second-order valence-corrected chi connectivity index (χ2v) is 7.56. The molecule has 0 aliphatic heterocycles. The number of hydrazone groups is 1. The number of ether oxygens (including phenoxy) is 1. The van der Waals surface area contributed by atoms with E-state index in [0.29, 0.717) is 22.7 Å². The Morgan fingerprint density at radius 3 is 2.68 bits per heavy atom. The number of benzene rings is 3. The first kappa shape index (κ1) is 22.8. The number of halogens is 1. The van der Waals surface area contributed by atoms with E-state index in [1.807, 2.05) is 30.3 Å². The molecule has 0 saturated carbocycles. The molecule has 0 aliphatic carbocycles. The van der Waals surface area contributed by atoms with Gasteiger partial charge in [-0.1, -0.05) is 35.9 Å². The summed E-state index contributed by atoms with van der Waals surface area (Å²) in [5.41, 5.74) is 4.04. The molecule has 0 aliphatic rings. The predicted octanol–water partition coefficient (Wildman–Crippen LogP) is 4.62. The van der Waals surface area contributed by atoms with Crippen LogP contribution in [0.5, 0.6) is 11.5 Å². The Labute approximate surface area is 199 Å². The number of phenols is 1. The summed E-state index contributed by atoms with van der Waals surface area (Å²) in [6.45, 7) is 0. The molecule has 8 nitrogen and oxygen atoms in total. The Balaban J connectivity index is 1.47. The van der Waals surface area contributed by atoms with Crippen molar-refractivity contribution < 1.29 is 19.4 Å². The van der Waals surface area contributed by atoms with Crippen LogP contribution < -0.4 is 15.5 Å². The smallest absolute Gasteiger partial charge is 0.274 e. The molecular formula is C25H19ClN4O4. The number of fused-ring (bicyclic) bond motifs is 1. The fourth-order valence-electron chi connectivity index (χ4n) is 3.26. The molecule has 0 radical (unpaired) electrons. The first-order valence-corrected chi connectivity index (χ1v) is 10.5. The standard InChI is InChI=1S/C25H19ClN4O4/c1-34-22-13-18(29-25(33)23-19-5-3-2-4-15(19)10-11-27-23)8-6-17(22)14-28-30-24(32)16-7-9-21(31)20(26)12-16/h2-14,31H,1H3,(H,29,33)(H,30,32)/b28-14+. The van der Waals surface area contributed by atoms with E-state index >= 15 is 0 Å². The lowest BCUT2D eigenvalue weighted by atomic mass is 10.1. The van der Waals surface area contributed by atoms with Crippen molar-refractivity contribution in [2.24, 2.45) is 5.10 Å². The number of rotatable bonds is 6. The SMILES string of the molecule is COc1cc(NC(=O)c2nccc3ccccc23)ccc1/C=N/NC(=O)c1ccc(O)c(Cl)c1. The highest BCUT2D eigenvalue weighted by Crippen LogP contribution is 2.25. The zero-order valence-corrected chi connectivity index (χ0v) is 18.7. The number of nitrogens with zero attached hydrogens (tertiary/aromatic N) is 2. The van der Waals surface area contributed by atoms with Crippen molar-refractivity contribution in [3.63, 3.8) is 0 Å². The summed E-state index contributed by atoms with van der Waals surface area (Å²) in [6, 6.07) is 18.5. The van der Waals surface area contributed by atoms with Crippen LogP contribution in [0.25, 0.3) is 10.8 Å². The summed E-state index contributed by atoms with van der Waals surface area (Å²) >= 11 is 5.83. The Morgan fingerprint density at radius 2 is 1.88 bits per heavy atom. The molecule has 3 N–H and O–H groups in total. The van der Waals surface area contributed by atoms with Crippen molar-refractivity contribution in [3.05, 3.63) is 94.8 Å². The summed E-state index contributed by atoms with van der Waals surface area (Å²) in [5.74, 6) is -0.520. The van der Waals surface area contributed by atoms with Crippen LogP contribution in [0.4, 0.5) is 5.69 Å². The van der Waals surface area contributed by atoms with Crippen LogP contribution >= 0.6 is 11.6 Å². The Bertz CT molecular complexity index is 1420. The molecule has 1 aromatic heterocycles. The highest BCUT2D eigenvalue weighted by Gasteiger charge is 2.13. The molecule has 1 heterocycles. The number of amides is 2. The van der Waals surface area contributed by atoms with Gasteiger partial charge in [0.1, 0.15) is 17.2 Å². The first-order chi connectivity index (χ1) is 16.5. The molecule has 0 saturated heterocycles. The number of carbonyl (C=O) groups excluding carboxylic acids is 2. The topological polar surface area (TPSA) is 113 Å². The van der Waals surface area contributed by atoms with Crippen molar-refractivity contribution >= 4 is 46.1 Å². The van der Waals surface area contributed by atoms with Gasteiger partial charge in [0.05, 0.1) is 18.3 Å². The maximum Gasteiger partial charge on any atom is 0.274 e. The number of anilines is 1. The average Bonchev–Trinajstić information content (AvgIpc) is 2.85. The lowest BCUT2D eigenvalue weighted by Crippen LogP contribution is -2.17. The number of methoxy groups -OCH3 is 1. The van der Waals surface area contributed by atoms with E-state index in [0.717, 1.165) is 10.8 Å². The van der Waals surface area contributed by atoms with Crippen LogP contribution in [-0.2, 0) is 0 Å². The number of aromatic nitrogens is 1. The normalized spacial score (nSPS) is 10.9. The van der Waals surface area contributed by atoms with Gasteiger partial charge in [-0.05, 0) is 41.8 Å². The largest absolute Gasteiger partial charge is 0.506 e. The molecule has 4 rings (SSSR count). The average molecular weight is 475 g/mol. The summed E-state index contributed by atoms with van der Waals surface area (Å²) in [6.07, 6.45) is 3.01. The minimum absolute atomic E-state index is 0.0645. The summed E-state index contributed by atoms with van der Waals surface area (Å²) < 4.78 is 5.40. The second kappa shape index (κ2) is 10.0. The third kappa shape index (κ3) is 4.97. The van der Waals surface area contributed by atoms with Crippen LogP contribution in [-0.4, -0.2) is 35.2 Å². The summed E-state index contributed by atoms with van der Waals surface area (Å²) in [5, 5.41) is 18.0. The molecule has 0 atom stereocenters. The second-order valence-electron chi connectivity index (χ2n) is 7.16. The molecule has 4 aromatic rings.